The number of aromatic nitrogens is 2. The Labute approximate surface area is 142 Å². The van der Waals surface area contributed by atoms with Crippen molar-refractivity contribution in [2.24, 2.45) is 0 Å². The highest BCUT2D eigenvalue weighted by atomic mass is 32.1. The summed E-state index contributed by atoms with van der Waals surface area (Å²) in [5.41, 5.74) is 2.36. The standard InChI is InChI=1S/C18H16F2N2OS/c1-10-5-13(7-21-11(10)2)14-4-3-12-6-15(24-16(12)22-14)17(23)8-18(19,20)9-17/h3-7,23H,8-9H2,1-2H3. The van der Waals surface area contributed by atoms with Crippen LogP contribution in [-0.2, 0) is 5.60 Å². The summed E-state index contributed by atoms with van der Waals surface area (Å²) in [4.78, 5) is 10.3. The molecule has 0 aliphatic heterocycles. The van der Waals surface area contributed by atoms with E-state index in [-0.39, 0.29) is 0 Å². The quantitative estimate of drug-likeness (QED) is 0.738. The molecular formula is C18H16F2N2OS. The van der Waals surface area contributed by atoms with Crippen LogP contribution in [0, 0.1) is 13.8 Å². The molecule has 3 aromatic rings. The van der Waals surface area contributed by atoms with E-state index in [9.17, 15) is 13.9 Å². The molecule has 6 heteroatoms. The number of nitrogens with zero attached hydrogens (tertiary/aromatic N) is 2. The predicted octanol–water partition coefficient (Wildman–Crippen LogP) is 4.59. The van der Waals surface area contributed by atoms with Crippen molar-refractivity contribution >= 4 is 21.6 Å². The van der Waals surface area contributed by atoms with E-state index in [1.165, 1.54) is 11.3 Å². The zero-order chi connectivity index (χ0) is 17.1. The monoisotopic (exact) mass is 346 g/mol. The van der Waals surface area contributed by atoms with Gasteiger partial charge < -0.3 is 5.11 Å². The first kappa shape index (κ1) is 15.6. The number of alkyl halides is 2. The number of halogens is 2. The van der Waals surface area contributed by atoms with Crippen LogP contribution in [0.25, 0.3) is 21.5 Å². The summed E-state index contributed by atoms with van der Waals surface area (Å²) in [6, 6.07) is 7.60. The minimum absolute atomic E-state index is 0.513. The molecule has 0 bridgehead atoms. The van der Waals surface area contributed by atoms with Crippen LogP contribution in [0.1, 0.15) is 29.0 Å². The highest BCUT2D eigenvalue weighted by Gasteiger charge is 2.57. The molecule has 3 heterocycles. The van der Waals surface area contributed by atoms with Gasteiger partial charge in [-0.05, 0) is 43.7 Å². The number of hydrogen-bond acceptors (Lipinski definition) is 4. The number of pyridine rings is 2. The van der Waals surface area contributed by atoms with Crippen molar-refractivity contribution in [2.45, 2.75) is 38.2 Å². The number of hydrogen-bond donors (Lipinski definition) is 1. The number of thiophene rings is 1. The van der Waals surface area contributed by atoms with Crippen LogP contribution in [0.3, 0.4) is 0 Å². The molecule has 3 aromatic heterocycles. The van der Waals surface area contributed by atoms with Crippen LogP contribution in [0.5, 0.6) is 0 Å². The largest absolute Gasteiger partial charge is 0.384 e. The van der Waals surface area contributed by atoms with Crippen molar-refractivity contribution in [3.05, 3.63) is 46.6 Å². The first-order valence-corrected chi connectivity index (χ1v) is 8.52. The van der Waals surface area contributed by atoms with Crippen molar-refractivity contribution < 1.29 is 13.9 Å². The fraction of sp³-hybridized carbons (Fsp3) is 0.333. The Balaban J connectivity index is 1.72. The highest BCUT2D eigenvalue weighted by molar-refractivity contribution is 7.18. The topological polar surface area (TPSA) is 46.0 Å². The summed E-state index contributed by atoms with van der Waals surface area (Å²) in [7, 11) is 0. The normalized spacial score (nSPS) is 18.5. The maximum Gasteiger partial charge on any atom is 0.254 e. The number of aliphatic hydroxyl groups is 1. The van der Waals surface area contributed by atoms with Crippen molar-refractivity contribution in [1.82, 2.24) is 9.97 Å². The Kier molecular flexibility index (Phi) is 3.27. The summed E-state index contributed by atoms with van der Waals surface area (Å²) in [6.45, 7) is 3.95. The smallest absolute Gasteiger partial charge is 0.254 e. The van der Waals surface area contributed by atoms with Crippen LogP contribution in [0.15, 0.2) is 30.5 Å². The van der Waals surface area contributed by atoms with E-state index in [0.717, 1.165) is 32.7 Å². The van der Waals surface area contributed by atoms with E-state index in [0.29, 0.717) is 4.88 Å². The molecule has 3 nitrogen and oxygen atoms in total. The minimum Gasteiger partial charge on any atom is -0.384 e. The lowest BCUT2D eigenvalue weighted by Crippen LogP contribution is -2.48. The fourth-order valence-electron chi connectivity index (χ4n) is 3.07. The summed E-state index contributed by atoms with van der Waals surface area (Å²) >= 11 is 1.28. The van der Waals surface area contributed by atoms with Gasteiger partial charge in [0, 0.05) is 40.6 Å². The molecule has 1 saturated carbocycles. The summed E-state index contributed by atoms with van der Waals surface area (Å²) < 4.78 is 26.3. The maximum atomic E-state index is 13.2. The van der Waals surface area contributed by atoms with Gasteiger partial charge in [0.1, 0.15) is 10.4 Å². The van der Waals surface area contributed by atoms with Gasteiger partial charge in [0.25, 0.3) is 5.92 Å². The van der Waals surface area contributed by atoms with E-state index in [4.69, 9.17) is 0 Å². The zero-order valence-electron chi connectivity index (χ0n) is 13.3. The van der Waals surface area contributed by atoms with Crippen molar-refractivity contribution in [3.8, 4) is 11.3 Å². The maximum absolute atomic E-state index is 13.2. The Hall–Kier alpha value is -1.92. The van der Waals surface area contributed by atoms with Gasteiger partial charge in [-0.3, -0.25) is 4.98 Å². The lowest BCUT2D eigenvalue weighted by atomic mass is 9.75. The van der Waals surface area contributed by atoms with Crippen molar-refractivity contribution in [3.63, 3.8) is 0 Å². The van der Waals surface area contributed by atoms with E-state index >= 15 is 0 Å². The molecule has 0 amide bonds. The first-order chi connectivity index (χ1) is 11.3. The van der Waals surface area contributed by atoms with Crippen molar-refractivity contribution in [1.29, 1.82) is 0 Å². The summed E-state index contributed by atoms with van der Waals surface area (Å²) in [5.74, 6) is -2.77. The van der Waals surface area contributed by atoms with Crippen LogP contribution in [0.2, 0.25) is 0 Å². The Bertz CT molecular complexity index is 943. The Morgan fingerprint density at radius 3 is 2.58 bits per heavy atom. The molecule has 0 atom stereocenters. The molecule has 1 aliphatic carbocycles. The van der Waals surface area contributed by atoms with E-state index < -0.39 is 24.4 Å². The number of aryl methyl sites for hydroxylation is 2. The molecule has 0 aromatic carbocycles. The number of fused-ring (bicyclic) bond motifs is 1. The Morgan fingerprint density at radius 2 is 1.92 bits per heavy atom. The lowest BCUT2D eigenvalue weighted by Gasteiger charge is -2.42. The van der Waals surface area contributed by atoms with Gasteiger partial charge in [-0.1, -0.05) is 0 Å². The number of rotatable bonds is 2. The molecule has 24 heavy (non-hydrogen) atoms. The molecule has 4 rings (SSSR count). The molecule has 1 aliphatic rings. The molecule has 1 fully saturated rings. The van der Waals surface area contributed by atoms with E-state index in [2.05, 4.69) is 9.97 Å². The predicted molar refractivity (Wildman–Crippen MR) is 90.4 cm³/mol. The van der Waals surface area contributed by atoms with Gasteiger partial charge in [0.15, 0.2) is 0 Å². The summed E-state index contributed by atoms with van der Waals surface area (Å²) in [6.07, 6.45) is 0.756. The lowest BCUT2D eigenvalue weighted by molar-refractivity contribution is -0.208. The molecular weight excluding hydrogens is 330 g/mol. The van der Waals surface area contributed by atoms with E-state index in [1.54, 1.807) is 12.3 Å². The molecule has 0 saturated heterocycles. The van der Waals surface area contributed by atoms with Gasteiger partial charge in [-0.15, -0.1) is 11.3 Å². The van der Waals surface area contributed by atoms with Gasteiger partial charge in [0.05, 0.1) is 5.69 Å². The molecule has 0 unspecified atom stereocenters. The third-order valence-electron chi connectivity index (χ3n) is 4.58. The average molecular weight is 346 g/mol. The third-order valence-corrected chi connectivity index (χ3v) is 5.82. The fourth-order valence-corrected chi connectivity index (χ4v) is 4.19. The first-order valence-electron chi connectivity index (χ1n) is 7.71. The van der Waals surface area contributed by atoms with Crippen LogP contribution < -0.4 is 0 Å². The van der Waals surface area contributed by atoms with Crippen LogP contribution >= 0.6 is 11.3 Å². The second-order valence-electron chi connectivity index (χ2n) is 6.57. The van der Waals surface area contributed by atoms with Gasteiger partial charge in [0.2, 0.25) is 0 Å². The summed E-state index contributed by atoms with van der Waals surface area (Å²) in [5, 5.41) is 11.2. The Morgan fingerprint density at radius 1 is 1.17 bits per heavy atom. The highest BCUT2D eigenvalue weighted by Crippen LogP contribution is 2.53. The van der Waals surface area contributed by atoms with Gasteiger partial charge in [-0.2, -0.15) is 0 Å². The molecule has 0 radical (unpaired) electrons. The van der Waals surface area contributed by atoms with Crippen LogP contribution in [0.4, 0.5) is 8.78 Å². The third kappa shape index (κ3) is 2.50. The van der Waals surface area contributed by atoms with Crippen molar-refractivity contribution in [2.75, 3.05) is 0 Å². The second-order valence-corrected chi connectivity index (χ2v) is 7.60. The average Bonchev–Trinajstić information content (AvgIpc) is 2.91. The van der Waals surface area contributed by atoms with Gasteiger partial charge in [-0.25, -0.2) is 13.8 Å². The molecule has 0 spiro atoms. The molecule has 1 N–H and O–H groups in total. The van der Waals surface area contributed by atoms with Crippen LogP contribution in [-0.4, -0.2) is 21.0 Å². The molecule has 124 valence electrons. The van der Waals surface area contributed by atoms with Gasteiger partial charge >= 0.3 is 0 Å². The van der Waals surface area contributed by atoms with E-state index in [1.807, 2.05) is 32.0 Å². The minimum atomic E-state index is -2.77. The SMILES string of the molecule is Cc1cc(-c2ccc3cc(C4(O)CC(F)(F)C4)sc3n2)cnc1C. The second kappa shape index (κ2) is 5.04. The zero-order valence-corrected chi connectivity index (χ0v) is 14.1.